The van der Waals surface area contributed by atoms with Crippen LogP contribution in [-0.4, -0.2) is 30.9 Å². The van der Waals surface area contributed by atoms with Crippen molar-refractivity contribution in [3.8, 4) is 0 Å². The van der Waals surface area contributed by atoms with E-state index in [0.29, 0.717) is 18.8 Å². The Hall–Kier alpha value is -1.88. The van der Waals surface area contributed by atoms with Gasteiger partial charge in [0.05, 0.1) is 0 Å². The zero-order valence-corrected chi connectivity index (χ0v) is 12.6. The summed E-state index contributed by atoms with van der Waals surface area (Å²) in [6.07, 6.45) is 0.953. The number of hydrogen-bond acceptors (Lipinski definition) is 4. The Morgan fingerprint density at radius 3 is 2.29 bits per heavy atom. The van der Waals surface area contributed by atoms with Crippen molar-refractivity contribution in [1.82, 2.24) is 10.6 Å². The predicted octanol–water partition coefficient (Wildman–Crippen LogP) is 1.62. The molecule has 3 rings (SSSR count). The van der Waals surface area contributed by atoms with Gasteiger partial charge in [-0.3, -0.25) is 14.9 Å². The first-order valence-electron chi connectivity index (χ1n) is 7.63. The summed E-state index contributed by atoms with van der Waals surface area (Å²) in [5, 5.41) is 8.77. The number of imide groups is 1. The van der Waals surface area contributed by atoms with Gasteiger partial charge in [0, 0.05) is 31.1 Å². The van der Waals surface area contributed by atoms with E-state index in [9.17, 15) is 9.59 Å². The van der Waals surface area contributed by atoms with Crippen molar-refractivity contribution in [3.63, 3.8) is 0 Å². The molecule has 1 aromatic carbocycles. The number of amides is 2. The maximum atomic E-state index is 11.6. The van der Waals surface area contributed by atoms with Crippen molar-refractivity contribution in [2.24, 2.45) is 0 Å². The van der Waals surface area contributed by atoms with Crippen LogP contribution < -0.4 is 16.0 Å². The number of benzene rings is 1. The lowest BCUT2D eigenvalue weighted by molar-refractivity contribution is -0.133. The highest BCUT2D eigenvalue weighted by Crippen LogP contribution is 2.22. The maximum Gasteiger partial charge on any atom is 0.249 e. The van der Waals surface area contributed by atoms with Crippen LogP contribution in [0.3, 0.4) is 0 Å². The van der Waals surface area contributed by atoms with Crippen LogP contribution >= 0.6 is 0 Å². The van der Waals surface area contributed by atoms with E-state index >= 15 is 0 Å². The summed E-state index contributed by atoms with van der Waals surface area (Å²) in [7, 11) is 0. The van der Waals surface area contributed by atoms with Crippen LogP contribution in [0.25, 0.3) is 0 Å². The monoisotopic (exact) mass is 289 g/mol. The smallest absolute Gasteiger partial charge is 0.249 e. The Kier molecular flexibility index (Phi) is 5.33. The second kappa shape index (κ2) is 7.22. The van der Waals surface area contributed by atoms with Gasteiger partial charge in [-0.1, -0.05) is 26.0 Å². The van der Waals surface area contributed by atoms with Crippen LogP contribution in [0.15, 0.2) is 24.3 Å². The van der Waals surface area contributed by atoms with Gasteiger partial charge in [-0.05, 0) is 24.1 Å². The molecule has 5 nitrogen and oxygen atoms in total. The first-order valence-corrected chi connectivity index (χ1v) is 7.63. The first kappa shape index (κ1) is 15.5. The molecule has 21 heavy (non-hydrogen) atoms. The zero-order chi connectivity index (χ0) is 15.2. The van der Waals surface area contributed by atoms with Crippen molar-refractivity contribution < 1.29 is 9.59 Å². The Morgan fingerprint density at radius 2 is 1.76 bits per heavy atom. The molecule has 3 N–H and O–H groups in total. The average Bonchev–Trinajstić information content (AvgIpc) is 2.44. The van der Waals surface area contributed by atoms with Crippen LogP contribution in [0.5, 0.6) is 0 Å². The minimum atomic E-state index is -0.311. The van der Waals surface area contributed by atoms with Crippen molar-refractivity contribution in [1.29, 1.82) is 0 Å². The molecular weight excluding hydrogens is 266 g/mol. The lowest BCUT2D eigenvalue weighted by Gasteiger charge is -2.28. The van der Waals surface area contributed by atoms with Crippen molar-refractivity contribution in [2.45, 2.75) is 38.6 Å². The molecule has 2 saturated heterocycles. The van der Waals surface area contributed by atoms with E-state index in [4.69, 9.17) is 0 Å². The Labute approximate surface area is 125 Å². The molecule has 1 atom stereocenters. The largest absolute Gasteiger partial charge is 0.374 e. The quantitative estimate of drug-likeness (QED) is 0.740. The molecule has 0 bridgehead atoms. The van der Waals surface area contributed by atoms with E-state index in [1.165, 1.54) is 5.56 Å². The van der Waals surface area contributed by atoms with E-state index in [0.717, 1.165) is 18.8 Å². The number of hydrogen-bond donors (Lipinski definition) is 3. The molecule has 0 saturated carbocycles. The normalized spacial score (nSPS) is 21.7. The highest BCUT2D eigenvalue weighted by molar-refractivity contribution is 6.01. The SMILES string of the molecule is CC.O=C1CCC(Nc2ccc(C3CNC3)cc2)C(=O)N1. The molecule has 2 amide bonds. The summed E-state index contributed by atoms with van der Waals surface area (Å²) < 4.78 is 0. The van der Waals surface area contributed by atoms with E-state index in [1.807, 2.05) is 26.0 Å². The molecule has 1 aromatic rings. The predicted molar refractivity (Wildman–Crippen MR) is 83.2 cm³/mol. The third-order valence-corrected chi connectivity index (χ3v) is 3.74. The van der Waals surface area contributed by atoms with E-state index < -0.39 is 0 Å². The molecule has 2 heterocycles. The molecule has 2 fully saturated rings. The number of carbonyl (C=O) groups excluding carboxylic acids is 2. The molecule has 2 aliphatic rings. The summed E-state index contributed by atoms with van der Waals surface area (Å²) in [6.45, 7) is 6.08. The number of carbonyl (C=O) groups is 2. The molecule has 0 spiro atoms. The average molecular weight is 289 g/mol. The molecule has 0 aliphatic carbocycles. The fraction of sp³-hybridized carbons (Fsp3) is 0.500. The van der Waals surface area contributed by atoms with Gasteiger partial charge in [0.25, 0.3) is 0 Å². The van der Waals surface area contributed by atoms with Gasteiger partial charge in [-0.15, -0.1) is 0 Å². The third-order valence-electron chi connectivity index (χ3n) is 3.74. The Morgan fingerprint density at radius 1 is 1.10 bits per heavy atom. The third kappa shape index (κ3) is 3.82. The summed E-state index contributed by atoms with van der Waals surface area (Å²) in [5.41, 5.74) is 2.25. The first-order chi connectivity index (χ1) is 10.2. The zero-order valence-electron chi connectivity index (χ0n) is 12.6. The Bertz CT molecular complexity index is 495. The van der Waals surface area contributed by atoms with Crippen molar-refractivity contribution in [2.75, 3.05) is 18.4 Å². The van der Waals surface area contributed by atoms with Gasteiger partial charge in [0.2, 0.25) is 11.8 Å². The number of anilines is 1. The number of piperidine rings is 1. The molecule has 1 unspecified atom stereocenters. The second-order valence-corrected chi connectivity index (χ2v) is 5.13. The maximum absolute atomic E-state index is 11.6. The van der Waals surface area contributed by atoms with Crippen LogP contribution in [0.4, 0.5) is 5.69 Å². The molecule has 2 aliphatic heterocycles. The van der Waals surface area contributed by atoms with Crippen molar-refractivity contribution >= 4 is 17.5 Å². The molecule has 5 heteroatoms. The van der Waals surface area contributed by atoms with E-state index in [-0.39, 0.29) is 17.9 Å². The summed E-state index contributed by atoms with van der Waals surface area (Å²) in [5.74, 6) is 0.198. The lowest BCUT2D eigenvalue weighted by atomic mass is 9.93. The molecule has 0 radical (unpaired) electrons. The van der Waals surface area contributed by atoms with Crippen LogP contribution in [-0.2, 0) is 9.59 Å². The van der Waals surface area contributed by atoms with E-state index in [2.05, 4.69) is 28.1 Å². The van der Waals surface area contributed by atoms with Crippen LogP contribution in [0.2, 0.25) is 0 Å². The highest BCUT2D eigenvalue weighted by atomic mass is 16.2. The minimum absolute atomic E-state index is 0.184. The topological polar surface area (TPSA) is 70.2 Å². The van der Waals surface area contributed by atoms with Gasteiger partial charge < -0.3 is 10.6 Å². The standard InChI is InChI=1S/C14H17N3O2.C2H6/c18-13-6-5-12(14(19)17-13)16-11-3-1-9(2-4-11)10-7-15-8-10;1-2/h1-4,10,12,15-16H,5-8H2,(H,17,18,19);1-2H3. The summed E-state index contributed by atoms with van der Waals surface area (Å²) >= 11 is 0. The fourth-order valence-corrected chi connectivity index (χ4v) is 2.41. The van der Waals surface area contributed by atoms with Crippen LogP contribution in [0, 0.1) is 0 Å². The van der Waals surface area contributed by atoms with Gasteiger partial charge in [0.15, 0.2) is 0 Å². The second-order valence-electron chi connectivity index (χ2n) is 5.13. The molecule has 114 valence electrons. The number of nitrogens with one attached hydrogen (secondary N) is 3. The van der Waals surface area contributed by atoms with E-state index in [1.54, 1.807) is 0 Å². The van der Waals surface area contributed by atoms with Crippen LogP contribution in [0.1, 0.15) is 38.2 Å². The van der Waals surface area contributed by atoms with Gasteiger partial charge in [-0.2, -0.15) is 0 Å². The Balaban J connectivity index is 0.000000774. The minimum Gasteiger partial charge on any atom is -0.374 e. The van der Waals surface area contributed by atoms with Gasteiger partial charge >= 0.3 is 0 Å². The molecule has 0 aromatic heterocycles. The molecular formula is C16H23N3O2. The van der Waals surface area contributed by atoms with Gasteiger partial charge in [0.1, 0.15) is 6.04 Å². The highest BCUT2D eigenvalue weighted by Gasteiger charge is 2.26. The number of rotatable bonds is 3. The lowest BCUT2D eigenvalue weighted by Crippen LogP contribution is -2.47. The summed E-state index contributed by atoms with van der Waals surface area (Å²) in [6, 6.07) is 7.88. The summed E-state index contributed by atoms with van der Waals surface area (Å²) in [4.78, 5) is 22.7. The fourth-order valence-electron chi connectivity index (χ4n) is 2.41. The van der Waals surface area contributed by atoms with Crippen molar-refractivity contribution in [3.05, 3.63) is 29.8 Å². The van der Waals surface area contributed by atoms with Gasteiger partial charge in [-0.25, -0.2) is 0 Å².